The van der Waals surface area contributed by atoms with E-state index >= 15 is 0 Å². The van der Waals surface area contributed by atoms with Crippen LogP contribution >= 0.6 is 0 Å². The van der Waals surface area contributed by atoms with Crippen molar-refractivity contribution in [3.05, 3.63) is 42.5 Å². The standard InChI is InChI=1S/C18H27N3/c1-7-9-12-20-14(3)17-11-10-16(15(4)21(5)6)13-18(17)19-8-2/h8,10-11,13,20H,3-4,7,9,12H2,1-2,5-6H3. The molecule has 114 valence electrons. The fourth-order valence-corrected chi connectivity index (χ4v) is 1.98. The molecule has 1 aromatic carbocycles. The van der Waals surface area contributed by atoms with Crippen molar-refractivity contribution in [3.8, 4) is 0 Å². The lowest BCUT2D eigenvalue weighted by Gasteiger charge is -2.18. The van der Waals surface area contributed by atoms with Crippen molar-refractivity contribution >= 4 is 23.3 Å². The van der Waals surface area contributed by atoms with Crippen molar-refractivity contribution in [1.82, 2.24) is 10.2 Å². The summed E-state index contributed by atoms with van der Waals surface area (Å²) in [6.07, 6.45) is 4.11. The van der Waals surface area contributed by atoms with Gasteiger partial charge in [-0.15, -0.1) is 0 Å². The second-order valence-electron chi connectivity index (χ2n) is 5.22. The molecule has 0 aromatic heterocycles. The minimum atomic E-state index is 0.922. The summed E-state index contributed by atoms with van der Waals surface area (Å²) in [7, 11) is 3.98. The molecule has 0 heterocycles. The van der Waals surface area contributed by atoms with Gasteiger partial charge in [0, 0.05) is 43.8 Å². The van der Waals surface area contributed by atoms with Crippen molar-refractivity contribution < 1.29 is 0 Å². The molecule has 0 fully saturated rings. The molecule has 1 aromatic rings. The minimum absolute atomic E-state index is 0.922. The third-order valence-electron chi connectivity index (χ3n) is 3.33. The van der Waals surface area contributed by atoms with Crippen LogP contribution in [0.5, 0.6) is 0 Å². The van der Waals surface area contributed by atoms with Crippen molar-refractivity contribution in [1.29, 1.82) is 0 Å². The third-order valence-corrected chi connectivity index (χ3v) is 3.33. The van der Waals surface area contributed by atoms with E-state index in [1.165, 1.54) is 6.42 Å². The van der Waals surface area contributed by atoms with E-state index in [0.29, 0.717) is 0 Å². The van der Waals surface area contributed by atoms with Crippen molar-refractivity contribution in [2.45, 2.75) is 26.7 Å². The van der Waals surface area contributed by atoms with Gasteiger partial charge in [0.1, 0.15) is 0 Å². The molecule has 0 radical (unpaired) electrons. The van der Waals surface area contributed by atoms with E-state index in [1.54, 1.807) is 6.21 Å². The maximum atomic E-state index is 4.47. The zero-order valence-electron chi connectivity index (χ0n) is 13.7. The topological polar surface area (TPSA) is 27.6 Å². The second-order valence-corrected chi connectivity index (χ2v) is 5.22. The largest absolute Gasteiger partial charge is 0.385 e. The average Bonchev–Trinajstić information content (AvgIpc) is 2.46. The molecule has 0 aliphatic carbocycles. The van der Waals surface area contributed by atoms with Gasteiger partial charge in [0.25, 0.3) is 0 Å². The lowest BCUT2D eigenvalue weighted by Crippen LogP contribution is -2.13. The zero-order chi connectivity index (χ0) is 15.8. The highest BCUT2D eigenvalue weighted by Crippen LogP contribution is 2.28. The van der Waals surface area contributed by atoms with Crippen LogP contribution in [0.1, 0.15) is 37.8 Å². The Kier molecular flexibility index (Phi) is 6.73. The molecule has 0 bridgehead atoms. The Hall–Kier alpha value is -2.03. The molecule has 0 aliphatic rings. The van der Waals surface area contributed by atoms with E-state index in [-0.39, 0.29) is 0 Å². The highest BCUT2D eigenvalue weighted by Gasteiger charge is 2.09. The quantitative estimate of drug-likeness (QED) is 0.569. The summed E-state index contributed by atoms with van der Waals surface area (Å²) in [6.45, 7) is 13.3. The minimum Gasteiger partial charge on any atom is -0.385 e. The Balaban J connectivity index is 3.04. The van der Waals surface area contributed by atoms with Gasteiger partial charge >= 0.3 is 0 Å². The monoisotopic (exact) mass is 285 g/mol. The molecule has 0 saturated heterocycles. The summed E-state index contributed by atoms with van der Waals surface area (Å²) < 4.78 is 0. The smallest absolute Gasteiger partial charge is 0.0725 e. The van der Waals surface area contributed by atoms with Crippen LogP contribution in [0.2, 0.25) is 0 Å². The number of nitrogens with one attached hydrogen (secondary N) is 1. The van der Waals surface area contributed by atoms with E-state index in [1.807, 2.05) is 25.9 Å². The lowest BCUT2D eigenvalue weighted by atomic mass is 10.0. The summed E-state index contributed by atoms with van der Waals surface area (Å²) in [4.78, 5) is 6.48. The number of hydrogen-bond acceptors (Lipinski definition) is 3. The van der Waals surface area contributed by atoms with Gasteiger partial charge in [-0.25, -0.2) is 0 Å². The first-order valence-electron chi connectivity index (χ1n) is 7.43. The Morgan fingerprint density at radius 1 is 1.33 bits per heavy atom. The SMILES string of the molecule is C=C(NCCCC)c1ccc(C(=C)N(C)C)cc1N=CC. The number of unbranched alkanes of at least 4 members (excludes halogenated alkanes) is 1. The van der Waals surface area contributed by atoms with Gasteiger partial charge in [-0.2, -0.15) is 0 Å². The summed E-state index contributed by atoms with van der Waals surface area (Å²) >= 11 is 0. The Morgan fingerprint density at radius 2 is 2.05 bits per heavy atom. The van der Waals surface area contributed by atoms with Crippen LogP contribution in [0.4, 0.5) is 5.69 Å². The van der Waals surface area contributed by atoms with Gasteiger partial charge in [0.15, 0.2) is 0 Å². The van der Waals surface area contributed by atoms with Crippen molar-refractivity contribution in [3.63, 3.8) is 0 Å². The fourth-order valence-electron chi connectivity index (χ4n) is 1.98. The molecule has 0 unspecified atom stereocenters. The Bertz CT molecular complexity index is 527. The van der Waals surface area contributed by atoms with Gasteiger partial charge in [-0.1, -0.05) is 38.6 Å². The maximum Gasteiger partial charge on any atom is 0.0725 e. The number of nitrogens with zero attached hydrogens (tertiary/aromatic N) is 2. The first-order valence-corrected chi connectivity index (χ1v) is 7.43. The van der Waals surface area contributed by atoms with Gasteiger partial charge < -0.3 is 10.2 Å². The maximum absolute atomic E-state index is 4.47. The third kappa shape index (κ3) is 4.78. The van der Waals surface area contributed by atoms with Gasteiger partial charge in [0.05, 0.1) is 5.69 Å². The van der Waals surface area contributed by atoms with Gasteiger partial charge in [0.2, 0.25) is 0 Å². The van der Waals surface area contributed by atoms with Crippen LogP contribution in [0, 0.1) is 0 Å². The predicted molar refractivity (Wildman–Crippen MR) is 94.9 cm³/mol. The molecule has 0 aliphatic heterocycles. The van der Waals surface area contributed by atoms with Crippen LogP contribution < -0.4 is 5.32 Å². The first-order chi connectivity index (χ1) is 10.0. The molecule has 0 saturated carbocycles. The molecule has 0 amide bonds. The highest BCUT2D eigenvalue weighted by molar-refractivity contribution is 5.78. The summed E-state index contributed by atoms with van der Waals surface area (Å²) in [6, 6.07) is 6.19. The molecular weight excluding hydrogens is 258 g/mol. The number of benzene rings is 1. The molecule has 1 rings (SSSR count). The van der Waals surface area contributed by atoms with Crippen LogP contribution in [-0.4, -0.2) is 31.8 Å². The van der Waals surface area contributed by atoms with E-state index in [2.05, 4.69) is 48.6 Å². The lowest BCUT2D eigenvalue weighted by molar-refractivity contribution is 0.593. The van der Waals surface area contributed by atoms with Gasteiger partial charge in [-0.3, -0.25) is 4.99 Å². The van der Waals surface area contributed by atoms with Crippen LogP contribution in [0.15, 0.2) is 36.3 Å². The number of hydrogen-bond donors (Lipinski definition) is 1. The van der Waals surface area contributed by atoms with Crippen LogP contribution in [-0.2, 0) is 0 Å². The second kappa shape index (κ2) is 8.30. The molecule has 1 N–H and O–H groups in total. The highest BCUT2D eigenvalue weighted by atomic mass is 15.1. The molecular formula is C18H27N3. The molecule has 0 atom stereocenters. The molecule has 0 spiro atoms. The van der Waals surface area contributed by atoms with Crippen molar-refractivity contribution in [2.24, 2.45) is 4.99 Å². The number of rotatable bonds is 8. The Morgan fingerprint density at radius 3 is 2.62 bits per heavy atom. The van der Waals surface area contributed by atoms with Gasteiger partial charge in [-0.05, 0) is 25.0 Å². The molecule has 3 heteroatoms. The van der Waals surface area contributed by atoms with E-state index in [4.69, 9.17) is 0 Å². The van der Waals surface area contributed by atoms with Crippen LogP contribution in [0.3, 0.4) is 0 Å². The summed E-state index contributed by atoms with van der Waals surface area (Å²) in [5.74, 6) is 0. The number of aliphatic imine (C=N–C) groups is 1. The normalized spacial score (nSPS) is 10.7. The summed E-state index contributed by atoms with van der Waals surface area (Å²) in [5, 5.41) is 3.37. The van der Waals surface area contributed by atoms with E-state index in [0.717, 1.165) is 41.2 Å². The summed E-state index contributed by atoms with van der Waals surface area (Å²) in [5.41, 5.74) is 4.93. The van der Waals surface area contributed by atoms with Crippen molar-refractivity contribution in [2.75, 3.05) is 20.6 Å². The first kappa shape index (κ1) is 17.0. The zero-order valence-corrected chi connectivity index (χ0v) is 13.7. The molecule has 3 nitrogen and oxygen atoms in total. The van der Waals surface area contributed by atoms with E-state index < -0.39 is 0 Å². The van der Waals surface area contributed by atoms with E-state index in [9.17, 15) is 0 Å². The molecule has 21 heavy (non-hydrogen) atoms. The average molecular weight is 285 g/mol. The van der Waals surface area contributed by atoms with Crippen LogP contribution in [0.25, 0.3) is 11.4 Å². The Labute approximate surface area is 129 Å². The fraction of sp³-hybridized carbons (Fsp3) is 0.389. The predicted octanol–water partition coefficient (Wildman–Crippen LogP) is 4.30.